The van der Waals surface area contributed by atoms with Crippen molar-refractivity contribution >= 4 is 5.91 Å². The summed E-state index contributed by atoms with van der Waals surface area (Å²) in [7, 11) is 1.89. The maximum absolute atomic E-state index is 11.8. The Morgan fingerprint density at radius 2 is 2.29 bits per heavy atom. The van der Waals surface area contributed by atoms with Crippen molar-refractivity contribution in [1.82, 2.24) is 20.4 Å². The van der Waals surface area contributed by atoms with Crippen LogP contribution in [-0.2, 0) is 18.4 Å². The van der Waals surface area contributed by atoms with E-state index < -0.39 is 0 Å². The van der Waals surface area contributed by atoms with E-state index in [1.807, 2.05) is 19.4 Å². The lowest BCUT2D eigenvalue weighted by Crippen LogP contribution is -2.48. The van der Waals surface area contributed by atoms with Crippen LogP contribution in [0.1, 0.15) is 55.2 Å². The number of nitrogens with one attached hydrogen (secondary N) is 2. The van der Waals surface area contributed by atoms with Gasteiger partial charge in [0.1, 0.15) is 11.5 Å². The number of hydrogen-bond donors (Lipinski definition) is 2. The average Bonchev–Trinajstić information content (AvgIpc) is 2.97. The first-order valence-corrected chi connectivity index (χ1v) is 8.70. The van der Waals surface area contributed by atoms with Gasteiger partial charge in [-0.15, -0.1) is 0 Å². The lowest BCUT2D eigenvalue weighted by atomic mass is 9.93. The van der Waals surface area contributed by atoms with Gasteiger partial charge in [0.05, 0.1) is 18.8 Å². The molecule has 2 fully saturated rings. The van der Waals surface area contributed by atoms with Gasteiger partial charge >= 0.3 is 0 Å². The summed E-state index contributed by atoms with van der Waals surface area (Å²) in [5.74, 6) is 3.53. The lowest BCUT2D eigenvalue weighted by molar-refractivity contribution is -0.123. The first kappa shape index (κ1) is 15.4. The summed E-state index contributed by atoms with van der Waals surface area (Å²) in [5.41, 5.74) is 1.04. The van der Waals surface area contributed by atoms with E-state index in [0.29, 0.717) is 18.9 Å². The quantitative estimate of drug-likeness (QED) is 0.883. The van der Waals surface area contributed by atoms with Crippen molar-refractivity contribution in [1.29, 1.82) is 0 Å². The van der Waals surface area contributed by atoms with E-state index in [1.165, 1.54) is 6.42 Å². The van der Waals surface area contributed by atoms with Crippen molar-refractivity contribution in [2.24, 2.45) is 13.0 Å². The normalized spacial score (nSPS) is 29.5. The van der Waals surface area contributed by atoms with E-state index >= 15 is 0 Å². The molecule has 128 valence electrons. The maximum Gasteiger partial charge on any atom is 0.220 e. The Bertz CT molecular complexity index is 735. The van der Waals surface area contributed by atoms with Crippen LogP contribution >= 0.6 is 0 Å². The SMILES string of the molecule is CC1CC1c1ccc(CN[C@@H]2CCC(=O)N[C@H]2c2cnn(C)c2)o1. The lowest BCUT2D eigenvalue weighted by Gasteiger charge is -2.32. The fourth-order valence-corrected chi connectivity index (χ4v) is 3.57. The third-order valence-corrected chi connectivity index (χ3v) is 5.18. The largest absolute Gasteiger partial charge is 0.464 e. The highest BCUT2D eigenvalue weighted by molar-refractivity contribution is 5.77. The fourth-order valence-electron chi connectivity index (χ4n) is 3.57. The predicted octanol–water partition coefficient (Wildman–Crippen LogP) is 2.25. The number of furan rings is 1. The first-order chi connectivity index (χ1) is 11.6. The second kappa shape index (κ2) is 6.09. The number of piperidine rings is 1. The molecule has 1 amide bonds. The number of nitrogens with zero attached hydrogens (tertiary/aromatic N) is 2. The summed E-state index contributed by atoms with van der Waals surface area (Å²) in [6.07, 6.45) is 6.39. The van der Waals surface area contributed by atoms with E-state index in [-0.39, 0.29) is 18.0 Å². The van der Waals surface area contributed by atoms with Gasteiger partial charge in [0.15, 0.2) is 0 Å². The van der Waals surface area contributed by atoms with Gasteiger partial charge in [-0.3, -0.25) is 9.48 Å². The zero-order valence-corrected chi connectivity index (χ0v) is 14.2. The Balaban J connectivity index is 1.41. The number of carbonyl (C=O) groups is 1. The van der Waals surface area contributed by atoms with Crippen LogP contribution in [0.4, 0.5) is 0 Å². The number of aryl methyl sites for hydroxylation is 1. The third kappa shape index (κ3) is 3.11. The zero-order valence-electron chi connectivity index (χ0n) is 14.2. The Morgan fingerprint density at radius 3 is 3.00 bits per heavy atom. The zero-order chi connectivity index (χ0) is 16.7. The summed E-state index contributed by atoms with van der Waals surface area (Å²) in [6.45, 7) is 2.94. The van der Waals surface area contributed by atoms with Gasteiger partial charge in [0, 0.05) is 37.2 Å². The summed E-state index contributed by atoms with van der Waals surface area (Å²) < 4.78 is 7.74. The van der Waals surface area contributed by atoms with E-state index in [2.05, 4.69) is 34.8 Å². The molecule has 6 nitrogen and oxygen atoms in total. The van der Waals surface area contributed by atoms with Crippen molar-refractivity contribution in [3.63, 3.8) is 0 Å². The van der Waals surface area contributed by atoms with Crippen LogP contribution in [0.2, 0.25) is 0 Å². The molecule has 2 aliphatic rings. The molecule has 0 radical (unpaired) electrons. The van der Waals surface area contributed by atoms with Crippen molar-refractivity contribution in [2.75, 3.05) is 0 Å². The second-order valence-electron chi connectivity index (χ2n) is 7.14. The van der Waals surface area contributed by atoms with Crippen LogP contribution in [0.3, 0.4) is 0 Å². The topological polar surface area (TPSA) is 72.1 Å². The fraction of sp³-hybridized carbons (Fsp3) is 0.556. The minimum Gasteiger partial charge on any atom is -0.464 e. The molecule has 0 aromatic carbocycles. The minimum atomic E-state index is -0.0437. The van der Waals surface area contributed by atoms with Crippen molar-refractivity contribution in [2.45, 2.75) is 50.7 Å². The van der Waals surface area contributed by atoms with Crippen LogP contribution in [-0.4, -0.2) is 21.7 Å². The standard InChI is InChI=1S/C18H24N4O2/c1-11-7-14(11)16-5-3-13(24-16)9-19-15-4-6-17(23)21-18(15)12-8-20-22(2)10-12/h3,5,8,10-11,14-15,18-19H,4,6-7,9H2,1-2H3,(H,21,23)/t11?,14?,15-,18+/m1/s1. The molecule has 6 heteroatoms. The summed E-state index contributed by atoms with van der Waals surface area (Å²) in [5, 5.41) is 10.9. The van der Waals surface area contributed by atoms with Crippen LogP contribution in [0.15, 0.2) is 28.9 Å². The summed E-state index contributed by atoms with van der Waals surface area (Å²) in [6, 6.07) is 4.30. The smallest absolute Gasteiger partial charge is 0.220 e. The van der Waals surface area contributed by atoms with E-state index in [1.54, 1.807) is 4.68 Å². The highest BCUT2D eigenvalue weighted by Crippen LogP contribution is 2.47. The van der Waals surface area contributed by atoms with E-state index in [9.17, 15) is 4.79 Å². The predicted molar refractivity (Wildman–Crippen MR) is 89.2 cm³/mol. The van der Waals surface area contributed by atoms with Crippen molar-refractivity contribution in [3.8, 4) is 0 Å². The molecule has 1 aliphatic heterocycles. The minimum absolute atomic E-state index is 0.0437. The van der Waals surface area contributed by atoms with Crippen molar-refractivity contribution < 1.29 is 9.21 Å². The first-order valence-electron chi connectivity index (χ1n) is 8.70. The van der Waals surface area contributed by atoms with Gasteiger partial charge in [0.25, 0.3) is 0 Å². The van der Waals surface area contributed by atoms with E-state index in [0.717, 1.165) is 29.4 Å². The average molecular weight is 328 g/mol. The molecule has 0 spiro atoms. The molecule has 2 N–H and O–H groups in total. The molecule has 2 unspecified atom stereocenters. The number of amides is 1. The van der Waals surface area contributed by atoms with Gasteiger partial charge < -0.3 is 15.1 Å². The molecule has 2 aromatic rings. The highest BCUT2D eigenvalue weighted by atomic mass is 16.3. The number of aromatic nitrogens is 2. The number of hydrogen-bond acceptors (Lipinski definition) is 4. The van der Waals surface area contributed by atoms with Gasteiger partial charge in [-0.05, 0) is 30.9 Å². The Morgan fingerprint density at radius 1 is 1.46 bits per heavy atom. The molecule has 1 aliphatic carbocycles. The summed E-state index contributed by atoms with van der Waals surface area (Å²) >= 11 is 0. The molecule has 24 heavy (non-hydrogen) atoms. The summed E-state index contributed by atoms with van der Waals surface area (Å²) in [4.78, 5) is 11.8. The van der Waals surface area contributed by atoms with Gasteiger partial charge in [-0.25, -0.2) is 0 Å². The van der Waals surface area contributed by atoms with Gasteiger partial charge in [0.2, 0.25) is 5.91 Å². The third-order valence-electron chi connectivity index (χ3n) is 5.18. The molecular weight excluding hydrogens is 304 g/mol. The molecule has 2 aromatic heterocycles. The van der Waals surface area contributed by atoms with E-state index in [4.69, 9.17) is 4.42 Å². The molecule has 4 atom stereocenters. The van der Waals surface area contributed by atoms with Crippen LogP contribution < -0.4 is 10.6 Å². The van der Waals surface area contributed by atoms with Crippen molar-refractivity contribution in [3.05, 3.63) is 41.6 Å². The maximum atomic E-state index is 11.8. The molecule has 3 heterocycles. The van der Waals surface area contributed by atoms with Crippen LogP contribution in [0.5, 0.6) is 0 Å². The molecular formula is C18H24N4O2. The second-order valence-corrected chi connectivity index (χ2v) is 7.14. The molecule has 0 bridgehead atoms. The van der Waals surface area contributed by atoms with Crippen LogP contribution in [0.25, 0.3) is 0 Å². The number of carbonyl (C=O) groups excluding carboxylic acids is 1. The monoisotopic (exact) mass is 328 g/mol. The Kier molecular flexibility index (Phi) is 3.92. The van der Waals surface area contributed by atoms with Gasteiger partial charge in [-0.2, -0.15) is 5.10 Å². The van der Waals surface area contributed by atoms with Crippen LogP contribution in [0, 0.1) is 5.92 Å². The Hall–Kier alpha value is -2.08. The molecule has 1 saturated carbocycles. The Labute approximate surface area is 141 Å². The highest BCUT2D eigenvalue weighted by Gasteiger charge is 2.36. The molecule has 4 rings (SSSR count). The van der Waals surface area contributed by atoms with Gasteiger partial charge in [-0.1, -0.05) is 6.92 Å². The number of rotatable bonds is 5. The molecule has 1 saturated heterocycles.